The van der Waals surface area contributed by atoms with E-state index in [2.05, 4.69) is 26.0 Å². The van der Waals surface area contributed by atoms with Crippen LogP contribution in [0.1, 0.15) is 117 Å². The zero-order valence-electron chi connectivity index (χ0n) is 44.9. The SMILES string of the molecule is CCCCOP(=O)(N[C@@H](CCC(=O)OCc1ccccc1)C(=O)OCc1ccccc1)OCCC[C@H](NC(=O)CC[C@H](NC(=O)CCCCCNC(=O)c1ccc(F)nc1)C(=O)OCc1ccccc1)C(=O)OCc1ccccc1. The van der Waals surface area contributed by atoms with Gasteiger partial charge in [0.1, 0.15) is 44.6 Å². The predicted octanol–water partition coefficient (Wildman–Crippen LogP) is 8.69. The summed E-state index contributed by atoms with van der Waals surface area (Å²) in [5, 5.41) is 10.8. The number of benzene rings is 4. The summed E-state index contributed by atoms with van der Waals surface area (Å²) in [4.78, 5) is 96.5. The van der Waals surface area contributed by atoms with E-state index < -0.39 is 73.4 Å². The van der Waals surface area contributed by atoms with Gasteiger partial charge in [0.05, 0.1) is 18.8 Å². The van der Waals surface area contributed by atoms with E-state index in [4.69, 9.17) is 28.0 Å². The molecule has 4 atom stereocenters. The zero-order valence-corrected chi connectivity index (χ0v) is 45.8. The lowest BCUT2D eigenvalue weighted by atomic mass is 10.1. The van der Waals surface area contributed by atoms with Crippen molar-refractivity contribution in [3.8, 4) is 0 Å². The van der Waals surface area contributed by atoms with Gasteiger partial charge in [0.2, 0.25) is 17.8 Å². The summed E-state index contributed by atoms with van der Waals surface area (Å²) in [6.45, 7) is 1.58. The second kappa shape index (κ2) is 35.8. The molecule has 4 N–H and O–H groups in total. The summed E-state index contributed by atoms with van der Waals surface area (Å²) in [5.74, 6) is -5.24. The molecule has 80 heavy (non-hydrogen) atoms. The van der Waals surface area contributed by atoms with Crippen LogP contribution in [0.4, 0.5) is 4.39 Å². The van der Waals surface area contributed by atoms with E-state index >= 15 is 0 Å². The molecule has 0 bridgehead atoms. The standard InChI is InChI=1S/C59H71FN5O14P/c1-2-3-37-78-80(73,65-51(59(72)77-43-47-26-15-7-16-27-47)32-35-55(68)74-40-44-20-9-4-10-21-44)79-38-19-28-49(57(70)75-41-45-22-11-5-12-23-45)63-54(67)34-31-50(58(71)76-42-46-24-13-6-14-25-46)64-53(66)29-17-8-18-36-61-56(69)48-30-33-52(60)62-39-48/h4-7,9-16,20-27,30,33,39,49-51H,2-3,8,17-19,28-29,31-32,34-38,40-43H2,1H3,(H,61,69)(H,63,67)(H,64,66)(H,65,73)/t49-,50-,51-,80?/m0/s1. The minimum atomic E-state index is -4.35. The highest BCUT2D eigenvalue weighted by Crippen LogP contribution is 2.45. The Morgan fingerprint density at radius 2 is 0.975 bits per heavy atom. The van der Waals surface area contributed by atoms with E-state index in [1.165, 1.54) is 6.07 Å². The fraction of sp³-hybridized carbons (Fsp3) is 0.390. The van der Waals surface area contributed by atoms with E-state index in [0.29, 0.717) is 55.3 Å². The van der Waals surface area contributed by atoms with Crippen LogP contribution >= 0.6 is 7.75 Å². The molecule has 4 aromatic carbocycles. The van der Waals surface area contributed by atoms with Crippen molar-refractivity contribution >= 4 is 49.3 Å². The fourth-order valence-corrected chi connectivity index (χ4v) is 9.19. The van der Waals surface area contributed by atoms with Gasteiger partial charge in [-0.3, -0.25) is 33.0 Å². The van der Waals surface area contributed by atoms with Crippen molar-refractivity contribution in [1.29, 1.82) is 0 Å². The second-order valence-corrected chi connectivity index (χ2v) is 20.3. The van der Waals surface area contributed by atoms with Crippen LogP contribution < -0.4 is 21.0 Å². The number of carbonyl (C=O) groups excluding carboxylic acids is 7. The first kappa shape index (κ1) is 63.2. The average Bonchev–Trinajstić information content (AvgIpc) is 3.47. The number of carbonyl (C=O) groups is 7. The molecule has 0 aliphatic rings. The first-order valence-corrected chi connectivity index (χ1v) is 28.3. The van der Waals surface area contributed by atoms with Gasteiger partial charge in [-0.25, -0.2) is 24.2 Å². The lowest BCUT2D eigenvalue weighted by Crippen LogP contribution is -2.45. The van der Waals surface area contributed by atoms with Gasteiger partial charge in [-0.05, 0) is 79.3 Å². The first-order chi connectivity index (χ1) is 38.8. The Balaban J connectivity index is 1.21. The van der Waals surface area contributed by atoms with Crippen LogP contribution in [0.15, 0.2) is 140 Å². The molecular weight excluding hydrogens is 1050 g/mol. The number of rotatable bonds is 37. The number of nitrogens with zero attached hydrogens (tertiary/aromatic N) is 1. The van der Waals surface area contributed by atoms with Gasteiger partial charge in [-0.2, -0.15) is 4.39 Å². The molecule has 0 aliphatic heterocycles. The number of unbranched alkanes of at least 4 members (excludes halogenated alkanes) is 3. The van der Waals surface area contributed by atoms with E-state index in [1.54, 1.807) is 91.0 Å². The Bertz CT molecular complexity index is 2730. The molecule has 3 amide bonds. The van der Waals surface area contributed by atoms with Crippen molar-refractivity contribution in [2.75, 3.05) is 19.8 Å². The van der Waals surface area contributed by atoms with Crippen molar-refractivity contribution in [2.45, 2.75) is 129 Å². The van der Waals surface area contributed by atoms with Gasteiger partial charge in [-0.15, -0.1) is 0 Å². The van der Waals surface area contributed by atoms with Crippen LogP contribution in [-0.2, 0) is 87.8 Å². The number of esters is 4. The lowest BCUT2D eigenvalue weighted by molar-refractivity contribution is -0.150. The molecule has 1 heterocycles. The summed E-state index contributed by atoms with van der Waals surface area (Å²) in [6.07, 6.45) is 2.75. The number of amides is 3. The van der Waals surface area contributed by atoms with Crippen molar-refractivity contribution in [3.05, 3.63) is 173 Å². The van der Waals surface area contributed by atoms with E-state index in [1.807, 2.05) is 37.3 Å². The number of pyridine rings is 1. The number of hydrogen-bond donors (Lipinski definition) is 4. The summed E-state index contributed by atoms with van der Waals surface area (Å²) >= 11 is 0. The number of aromatic nitrogens is 1. The van der Waals surface area contributed by atoms with Gasteiger partial charge in [0.15, 0.2) is 0 Å². The minimum Gasteiger partial charge on any atom is -0.461 e. The van der Waals surface area contributed by atoms with Crippen LogP contribution in [0.3, 0.4) is 0 Å². The molecular formula is C59H71FN5O14P. The molecule has 1 aromatic heterocycles. The van der Waals surface area contributed by atoms with Crippen LogP contribution in [0.2, 0.25) is 0 Å². The molecule has 19 nitrogen and oxygen atoms in total. The summed E-state index contributed by atoms with van der Waals surface area (Å²) in [7, 11) is -4.35. The van der Waals surface area contributed by atoms with Crippen LogP contribution in [-0.4, -0.2) is 84.5 Å². The molecule has 0 spiro atoms. The number of hydrogen-bond acceptors (Lipinski definition) is 15. The molecule has 0 saturated heterocycles. The van der Waals surface area contributed by atoms with Crippen molar-refractivity contribution in [3.63, 3.8) is 0 Å². The van der Waals surface area contributed by atoms with Crippen molar-refractivity contribution < 1.29 is 70.5 Å². The van der Waals surface area contributed by atoms with Gasteiger partial charge in [-0.1, -0.05) is 141 Å². The largest absolute Gasteiger partial charge is 0.461 e. The predicted molar refractivity (Wildman–Crippen MR) is 293 cm³/mol. The zero-order chi connectivity index (χ0) is 57.2. The first-order valence-electron chi connectivity index (χ1n) is 26.8. The Morgan fingerprint density at radius 3 is 1.48 bits per heavy atom. The fourth-order valence-electron chi connectivity index (χ4n) is 7.61. The van der Waals surface area contributed by atoms with Gasteiger partial charge >= 0.3 is 31.6 Å². The highest BCUT2D eigenvalue weighted by molar-refractivity contribution is 7.51. The number of nitrogens with one attached hydrogen (secondary N) is 4. The summed E-state index contributed by atoms with van der Waals surface area (Å²) < 4.78 is 61.5. The van der Waals surface area contributed by atoms with E-state index in [-0.39, 0.29) is 90.2 Å². The van der Waals surface area contributed by atoms with E-state index in [0.717, 1.165) is 17.8 Å². The monoisotopic (exact) mass is 1120 g/mol. The Morgan fingerprint density at radius 1 is 0.512 bits per heavy atom. The molecule has 0 aliphatic carbocycles. The molecule has 0 fully saturated rings. The normalized spacial score (nSPS) is 12.8. The van der Waals surface area contributed by atoms with Crippen LogP contribution in [0.25, 0.3) is 0 Å². The lowest BCUT2D eigenvalue weighted by Gasteiger charge is -2.25. The maximum atomic E-state index is 14.5. The second-order valence-electron chi connectivity index (χ2n) is 18.5. The van der Waals surface area contributed by atoms with Gasteiger partial charge in [0, 0.05) is 32.0 Å². The van der Waals surface area contributed by atoms with Crippen LogP contribution in [0.5, 0.6) is 0 Å². The maximum absolute atomic E-state index is 14.5. The molecule has 5 aromatic rings. The van der Waals surface area contributed by atoms with Gasteiger partial charge in [0.25, 0.3) is 5.91 Å². The quantitative estimate of drug-likeness (QED) is 0.00954. The Labute approximate surface area is 466 Å². The Kier molecular flexibility index (Phi) is 28.3. The topological polar surface area (TPSA) is 253 Å². The van der Waals surface area contributed by atoms with E-state index in [9.17, 15) is 42.5 Å². The third-order valence-electron chi connectivity index (χ3n) is 12.1. The smallest absolute Gasteiger partial charge is 0.406 e. The summed E-state index contributed by atoms with van der Waals surface area (Å²) in [5.41, 5.74) is 3.06. The molecule has 0 radical (unpaired) electrons. The maximum Gasteiger partial charge on any atom is 0.406 e. The average molecular weight is 1120 g/mol. The summed E-state index contributed by atoms with van der Waals surface area (Å²) in [6, 6.07) is 34.3. The molecule has 428 valence electrons. The molecule has 1 unspecified atom stereocenters. The van der Waals surface area contributed by atoms with Gasteiger partial charge < -0.3 is 34.9 Å². The molecule has 5 rings (SSSR count). The minimum absolute atomic E-state index is 0.00567. The number of halogens is 1. The highest BCUT2D eigenvalue weighted by atomic mass is 31.2. The third kappa shape index (κ3) is 25.0. The Hall–Kier alpha value is -7.64. The third-order valence-corrected chi connectivity index (χ3v) is 13.7. The molecule has 21 heteroatoms. The van der Waals surface area contributed by atoms with Crippen LogP contribution in [0, 0.1) is 5.95 Å². The molecule has 0 saturated carbocycles. The van der Waals surface area contributed by atoms with Crippen molar-refractivity contribution in [1.82, 2.24) is 26.0 Å². The van der Waals surface area contributed by atoms with Crippen molar-refractivity contribution in [2.24, 2.45) is 0 Å². The highest BCUT2D eigenvalue weighted by Gasteiger charge is 2.34. The number of ether oxygens (including phenoxy) is 4.